The molecule has 0 aliphatic heterocycles. The van der Waals surface area contributed by atoms with Gasteiger partial charge in [-0.15, -0.1) is 0 Å². The van der Waals surface area contributed by atoms with Crippen molar-refractivity contribution in [3.63, 3.8) is 0 Å². The van der Waals surface area contributed by atoms with Crippen LogP contribution >= 0.6 is 0 Å². The summed E-state index contributed by atoms with van der Waals surface area (Å²) >= 11 is 0. The third kappa shape index (κ3) is 4.95. The number of nitrogens with zero attached hydrogens (tertiary/aromatic N) is 1. The van der Waals surface area contributed by atoms with Crippen LogP contribution in [0.1, 0.15) is 18.4 Å². The van der Waals surface area contributed by atoms with Crippen molar-refractivity contribution in [1.29, 1.82) is 0 Å². The summed E-state index contributed by atoms with van der Waals surface area (Å²) in [5.74, 6) is 0.820. The predicted octanol–water partition coefficient (Wildman–Crippen LogP) is 2.13. The zero-order chi connectivity index (χ0) is 18.4. The minimum atomic E-state index is -0.288. The summed E-state index contributed by atoms with van der Waals surface area (Å²) in [6.45, 7) is 0.308. The zero-order valence-corrected chi connectivity index (χ0v) is 14.5. The molecular formula is C19H21N3O4. The molecule has 0 atom stereocenters. The number of amides is 2. The number of benzene rings is 1. The lowest BCUT2D eigenvalue weighted by molar-refractivity contribution is -0.125. The first-order chi connectivity index (χ1) is 12.7. The highest BCUT2D eigenvalue weighted by molar-refractivity contribution is 5.95. The van der Waals surface area contributed by atoms with E-state index < -0.39 is 0 Å². The van der Waals surface area contributed by atoms with Gasteiger partial charge in [0.15, 0.2) is 11.5 Å². The molecule has 2 amide bonds. The number of nitrogens with one attached hydrogen (secondary N) is 2. The maximum absolute atomic E-state index is 12.0. The summed E-state index contributed by atoms with van der Waals surface area (Å²) < 4.78 is 11.1. The fraction of sp³-hybridized carbons (Fsp3) is 0.316. The van der Waals surface area contributed by atoms with E-state index in [4.69, 9.17) is 9.47 Å². The Kier molecular flexibility index (Phi) is 5.68. The van der Waals surface area contributed by atoms with Crippen LogP contribution < -0.4 is 20.1 Å². The van der Waals surface area contributed by atoms with Crippen LogP contribution in [0.2, 0.25) is 0 Å². The molecule has 0 bridgehead atoms. The second-order valence-electron chi connectivity index (χ2n) is 6.05. The summed E-state index contributed by atoms with van der Waals surface area (Å²) in [5, 5.41) is 5.38. The fourth-order valence-corrected chi connectivity index (χ4v) is 2.37. The number of hydrogen-bond acceptors (Lipinski definition) is 5. The highest BCUT2D eigenvalue weighted by atomic mass is 16.5. The topological polar surface area (TPSA) is 89.6 Å². The van der Waals surface area contributed by atoms with Crippen molar-refractivity contribution in [2.75, 3.05) is 19.0 Å². The SMILES string of the molecule is COc1ccc(NC(=O)CNC(=O)C2CC2)cc1OCc1ccncc1. The van der Waals surface area contributed by atoms with E-state index in [1.807, 2.05) is 12.1 Å². The molecule has 0 spiro atoms. The lowest BCUT2D eigenvalue weighted by Crippen LogP contribution is -2.33. The summed E-state index contributed by atoms with van der Waals surface area (Å²) in [6.07, 6.45) is 5.21. The van der Waals surface area contributed by atoms with Crippen LogP contribution in [-0.4, -0.2) is 30.5 Å². The average molecular weight is 355 g/mol. The maximum Gasteiger partial charge on any atom is 0.243 e. The molecule has 1 aromatic carbocycles. The van der Waals surface area contributed by atoms with Crippen molar-refractivity contribution >= 4 is 17.5 Å². The molecule has 1 fully saturated rings. The molecule has 0 saturated heterocycles. The summed E-state index contributed by atoms with van der Waals surface area (Å²) in [6, 6.07) is 8.86. The van der Waals surface area contributed by atoms with Crippen molar-refractivity contribution in [2.45, 2.75) is 19.4 Å². The fourth-order valence-electron chi connectivity index (χ4n) is 2.37. The second kappa shape index (κ2) is 8.33. The Bertz CT molecular complexity index is 776. The molecule has 7 nitrogen and oxygen atoms in total. The van der Waals surface area contributed by atoms with E-state index in [1.54, 1.807) is 37.7 Å². The number of methoxy groups -OCH3 is 1. The molecule has 2 aromatic rings. The lowest BCUT2D eigenvalue weighted by atomic mass is 10.2. The van der Waals surface area contributed by atoms with E-state index in [2.05, 4.69) is 15.6 Å². The van der Waals surface area contributed by atoms with Gasteiger partial charge in [0.05, 0.1) is 13.7 Å². The highest BCUT2D eigenvalue weighted by Gasteiger charge is 2.29. The summed E-state index contributed by atoms with van der Waals surface area (Å²) in [4.78, 5) is 27.6. The molecule has 1 aliphatic carbocycles. The van der Waals surface area contributed by atoms with Crippen molar-refractivity contribution in [3.8, 4) is 11.5 Å². The number of carbonyl (C=O) groups excluding carboxylic acids is 2. The molecule has 1 aromatic heterocycles. The van der Waals surface area contributed by atoms with Crippen LogP contribution in [0, 0.1) is 5.92 Å². The van der Waals surface area contributed by atoms with E-state index >= 15 is 0 Å². The highest BCUT2D eigenvalue weighted by Crippen LogP contribution is 2.31. The van der Waals surface area contributed by atoms with Crippen molar-refractivity contribution in [2.24, 2.45) is 5.92 Å². The molecule has 1 aliphatic rings. The Morgan fingerprint density at radius 2 is 1.92 bits per heavy atom. The number of pyridine rings is 1. The van der Waals surface area contributed by atoms with Crippen LogP contribution in [0.3, 0.4) is 0 Å². The van der Waals surface area contributed by atoms with Crippen LogP contribution in [-0.2, 0) is 16.2 Å². The van der Waals surface area contributed by atoms with Gasteiger partial charge in [-0.2, -0.15) is 0 Å². The van der Waals surface area contributed by atoms with E-state index in [0.717, 1.165) is 18.4 Å². The minimum Gasteiger partial charge on any atom is -0.493 e. The van der Waals surface area contributed by atoms with E-state index in [1.165, 1.54) is 0 Å². The molecule has 3 rings (SSSR count). The molecule has 0 radical (unpaired) electrons. The number of ether oxygens (including phenoxy) is 2. The number of hydrogen-bond donors (Lipinski definition) is 2. The van der Waals surface area contributed by atoms with Crippen LogP contribution in [0.4, 0.5) is 5.69 Å². The first-order valence-corrected chi connectivity index (χ1v) is 8.43. The molecule has 7 heteroatoms. The second-order valence-corrected chi connectivity index (χ2v) is 6.05. The van der Waals surface area contributed by atoms with Gasteiger partial charge in [-0.3, -0.25) is 14.6 Å². The van der Waals surface area contributed by atoms with Crippen LogP contribution in [0.5, 0.6) is 11.5 Å². The van der Waals surface area contributed by atoms with E-state index in [0.29, 0.717) is 23.8 Å². The van der Waals surface area contributed by atoms with Crippen LogP contribution in [0.15, 0.2) is 42.7 Å². The van der Waals surface area contributed by atoms with Crippen molar-refractivity contribution in [1.82, 2.24) is 10.3 Å². The van der Waals surface area contributed by atoms with Gasteiger partial charge >= 0.3 is 0 Å². The normalized spacial score (nSPS) is 13.0. The lowest BCUT2D eigenvalue weighted by Gasteiger charge is -2.13. The summed E-state index contributed by atoms with van der Waals surface area (Å²) in [5.41, 5.74) is 1.54. The number of aromatic nitrogens is 1. The average Bonchev–Trinajstić information content (AvgIpc) is 3.51. The number of carbonyl (C=O) groups is 2. The minimum absolute atomic E-state index is 0.0471. The first-order valence-electron chi connectivity index (χ1n) is 8.43. The zero-order valence-electron chi connectivity index (χ0n) is 14.5. The molecule has 2 N–H and O–H groups in total. The monoisotopic (exact) mass is 355 g/mol. The molecule has 0 unspecified atom stereocenters. The predicted molar refractivity (Wildman–Crippen MR) is 95.9 cm³/mol. The molecule has 1 saturated carbocycles. The third-order valence-corrected chi connectivity index (χ3v) is 3.96. The third-order valence-electron chi connectivity index (χ3n) is 3.96. The quantitative estimate of drug-likeness (QED) is 0.757. The molecule has 136 valence electrons. The van der Waals surface area contributed by atoms with Crippen molar-refractivity contribution in [3.05, 3.63) is 48.3 Å². The first kappa shape index (κ1) is 17.7. The Hall–Kier alpha value is -3.09. The van der Waals surface area contributed by atoms with Gasteiger partial charge in [0.2, 0.25) is 11.8 Å². The van der Waals surface area contributed by atoms with Gasteiger partial charge < -0.3 is 20.1 Å². The molecule has 1 heterocycles. The Morgan fingerprint density at radius 1 is 1.15 bits per heavy atom. The molecular weight excluding hydrogens is 334 g/mol. The van der Waals surface area contributed by atoms with Gasteiger partial charge in [0.25, 0.3) is 0 Å². The van der Waals surface area contributed by atoms with Gasteiger partial charge in [-0.25, -0.2) is 0 Å². The Labute approximate surface area is 151 Å². The van der Waals surface area contributed by atoms with Gasteiger partial charge in [0, 0.05) is 30.1 Å². The van der Waals surface area contributed by atoms with Crippen LogP contribution in [0.25, 0.3) is 0 Å². The molecule has 26 heavy (non-hydrogen) atoms. The van der Waals surface area contributed by atoms with Crippen molar-refractivity contribution < 1.29 is 19.1 Å². The van der Waals surface area contributed by atoms with E-state index in [-0.39, 0.29) is 24.3 Å². The standard InChI is InChI=1S/C19H21N3O4/c1-25-16-5-4-15(22-18(23)11-21-19(24)14-2-3-14)10-17(16)26-12-13-6-8-20-9-7-13/h4-10,14H,2-3,11-12H2,1H3,(H,21,24)(H,22,23). The van der Waals surface area contributed by atoms with Gasteiger partial charge in [0.1, 0.15) is 6.61 Å². The Morgan fingerprint density at radius 3 is 2.62 bits per heavy atom. The largest absolute Gasteiger partial charge is 0.493 e. The van der Waals surface area contributed by atoms with E-state index in [9.17, 15) is 9.59 Å². The Balaban J connectivity index is 1.58. The smallest absolute Gasteiger partial charge is 0.243 e. The number of anilines is 1. The van der Waals surface area contributed by atoms with Gasteiger partial charge in [-0.05, 0) is 42.7 Å². The maximum atomic E-state index is 12.0. The van der Waals surface area contributed by atoms with Gasteiger partial charge in [-0.1, -0.05) is 0 Å². The summed E-state index contributed by atoms with van der Waals surface area (Å²) in [7, 11) is 1.56. The number of rotatable bonds is 8.